The van der Waals surface area contributed by atoms with E-state index in [4.69, 9.17) is 0 Å². The molecule has 0 radical (unpaired) electrons. The molecule has 0 aromatic heterocycles. The van der Waals surface area contributed by atoms with Crippen LogP contribution in [-0.4, -0.2) is 19.6 Å². The summed E-state index contributed by atoms with van der Waals surface area (Å²) < 4.78 is 21.8. The Morgan fingerprint density at radius 2 is 1.82 bits per heavy atom. The summed E-state index contributed by atoms with van der Waals surface area (Å²) in [4.78, 5) is 12.2. The van der Waals surface area contributed by atoms with Gasteiger partial charge in [-0.25, -0.2) is 8.42 Å². The molecule has 1 amide bonds. The second-order valence-corrected chi connectivity index (χ2v) is 4.61. The lowest BCUT2D eigenvalue weighted by Crippen LogP contribution is -2.43. The molecular formula is C5H12N2O3S. The van der Waals surface area contributed by atoms with E-state index in [1.54, 1.807) is 0 Å². The summed E-state index contributed by atoms with van der Waals surface area (Å²) in [6.07, 6.45) is 0. The first-order valence-corrected chi connectivity index (χ1v) is 4.68. The molecule has 0 rings (SSSR count). The van der Waals surface area contributed by atoms with E-state index in [1.165, 1.54) is 20.8 Å². The molecule has 0 aliphatic carbocycles. The molecule has 0 unspecified atom stereocenters. The number of sulfonamides is 1. The maximum atomic E-state index is 10.9. The number of carbonyl (C=O) groups is 1. The van der Waals surface area contributed by atoms with Gasteiger partial charge in [0.1, 0.15) is 0 Å². The fourth-order valence-corrected chi connectivity index (χ4v) is 0.783. The molecule has 0 saturated carbocycles. The summed E-state index contributed by atoms with van der Waals surface area (Å²) in [5, 5.41) is -0.547. The third-order valence-electron chi connectivity index (χ3n) is 0.990. The van der Waals surface area contributed by atoms with Crippen molar-refractivity contribution in [2.24, 2.45) is 0 Å². The average Bonchev–Trinajstić information content (AvgIpc) is 1.84. The zero-order chi connectivity index (χ0) is 9.07. The molecule has 0 fully saturated rings. The average molecular weight is 180 g/mol. The molecular weight excluding hydrogens is 168 g/mol. The Hall–Kier alpha value is -0.620. The van der Waals surface area contributed by atoms with Crippen molar-refractivity contribution in [1.82, 2.24) is 10.3 Å². The monoisotopic (exact) mass is 180 g/mol. The van der Waals surface area contributed by atoms with Crippen molar-refractivity contribution in [3.8, 4) is 0 Å². The Balaban J connectivity index is 4.05. The van der Waals surface area contributed by atoms with Gasteiger partial charge in [-0.15, -0.1) is 4.83 Å². The maximum absolute atomic E-state index is 10.9. The van der Waals surface area contributed by atoms with Gasteiger partial charge in [-0.1, -0.05) is 0 Å². The van der Waals surface area contributed by atoms with Gasteiger partial charge in [-0.3, -0.25) is 10.2 Å². The highest BCUT2D eigenvalue weighted by Gasteiger charge is 2.14. The number of hydrazine groups is 1. The van der Waals surface area contributed by atoms with Crippen LogP contribution in [0, 0.1) is 0 Å². The summed E-state index contributed by atoms with van der Waals surface area (Å²) >= 11 is 0. The normalized spacial score (nSPS) is 11.6. The Morgan fingerprint density at radius 3 is 2.09 bits per heavy atom. The van der Waals surface area contributed by atoms with Crippen molar-refractivity contribution in [1.29, 1.82) is 0 Å². The van der Waals surface area contributed by atoms with E-state index in [0.29, 0.717) is 0 Å². The van der Waals surface area contributed by atoms with E-state index in [9.17, 15) is 13.2 Å². The standard InChI is InChI=1S/C5H12N2O3S/c1-4(2)11(9,10)7-6-5(3)8/h4,7H,1-3H3,(H,6,8). The lowest BCUT2D eigenvalue weighted by Gasteiger charge is -2.08. The van der Waals surface area contributed by atoms with Crippen molar-refractivity contribution < 1.29 is 13.2 Å². The molecule has 5 nitrogen and oxygen atoms in total. The van der Waals surface area contributed by atoms with Crippen molar-refractivity contribution in [2.75, 3.05) is 0 Å². The number of rotatable bonds is 3. The smallest absolute Gasteiger partial charge is 0.231 e. The molecule has 0 atom stereocenters. The topological polar surface area (TPSA) is 75.3 Å². The quantitative estimate of drug-likeness (QED) is 0.567. The fourth-order valence-electron chi connectivity index (χ4n) is 0.261. The molecule has 11 heavy (non-hydrogen) atoms. The minimum Gasteiger partial charge on any atom is -0.278 e. The summed E-state index contributed by atoms with van der Waals surface area (Å²) in [5.74, 6) is -0.436. The molecule has 0 heterocycles. The first-order valence-electron chi connectivity index (χ1n) is 3.13. The highest BCUT2D eigenvalue weighted by Crippen LogP contribution is 1.92. The Bertz CT molecular complexity index is 232. The molecule has 0 aliphatic rings. The maximum Gasteiger partial charge on any atom is 0.231 e. The van der Waals surface area contributed by atoms with Gasteiger partial charge in [0.15, 0.2) is 0 Å². The van der Waals surface area contributed by atoms with Gasteiger partial charge in [-0.05, 0) is 13.8 Å². The second-order valence-electron chi connectivity index (χ2n) is 2.38. The number of nitrogens with one attached hydrogen (secondary N) is 2. The van der Waals surface area contributed by atoms with E-state index in [2.05, 4.69) is 0 Å². The molecule has 0 aliphatic heterocycles. The van der Waals surface area contributed by atoms with E-state index >= 15 is 0 Å². The van der Waals surface area contributed by atoms with Crippen molar-refractivity contribution >= 4 is 15.9 Å². The van der Waals surface area contributed by atoms with Gasteiger partial charge in [0.2, 0.25) is 15.9 Å². The Labute approximate surface area is 66.2 Å². The SMILES string of the molecule is CC(=O)NNS(=O)(=O)C(C)C. The van der Waals surface area contributed by atoms with Crippen LogP contribution in [0.15, 0.2) is 0 Å². The fraction of sp³-hybridized carbons (Fsp3) is 0.800. The molecule has 0 aromatic rings. The first kappa shape index (κ1) is 10.4. The number of amides is 1. The van der Waals surface area contributed by atoms with E-state index in [1.807, 2.05) is 10.3 Å². The van der Waals surface area contributed by atoms with Gasteiger partial charge >= 0.3 is 0 Å². The number of hydrogen-bond acceptors (Lipinski definition) is 3. The van der Waals surface area contributed by atoms with Gasteiger partial charge in [0, 0.05) is 6.92 Å². The Kier molecular flexibility index (Phi) is 3.47. The van der Waals surface area contributed by atoms with Crippen LogP contribution in [0.25, 0.3) is 0 Å². The minimum absolute atomic E-state index is 0.436. The first-order chi connectivity index (χ1) is 4.86. The predicted molar refractivity (Wildman–Crippen MR) is 41.0 cm³/mol. The van der Waals surface area contributed by atoms with Crippen LogP contribution in [0.2, 0.25) is 0 Å². The van der Waals surface area contributed by atoms with Crippen LogP contribution < -0.4 is 10.3 Å². The summed E-state index contributed by atoms with van der Waals surface area (Å²) in [7, 11) is -3.38. The van der Waals surface area contributed by atoms with Crippen LogP contribution in [0.5, 0.6) is 0 Å². The number of carbonyl (C=O) groups excluding carboxylic acids is 1. The van der Waals surface area contributed by atoms with Crippen molar-refractivity contribution in [2.45, 2.75) is 26.0 Å². The van der Waals surface area contributed by atoms with E-state index in [-0.39, 0.29) is 0 Å². The van der Waals surface area contributed by atoms with Crippen LogP contribution in [0.4, 0.5) is 0 Å². The molecule has 0 spiro atoms. The van der Waals surface area contributed by atoms with Gasteiger partial charge in [-0.2, -0.15) is 0 Å². The molecule has 0 aromatic carbocycles. The summed E-state index contributed by atoms with van der Waals surface area (Å²) in [5.41, 5.74) is 1.99. The zero-order valence-corrected chi connectivity index (χ0v) is 7.53. The van der Waals surface area contributed by atoms with Gasteiger partial charge < -0.3 is 0 Å². The molecule has 2 N–H and O–H groups in total. The lowest BCUT2D eigenvalue weighted by molar-refractivity contribution is -0.119. The summed E-state index contributed by atoms with van der Waals surface area (Å²) in [6, 6.07) is 0. The highest BCUT2D eigenvalue weighted by molar-refractivity contribution is 7.90. The highest BCUT2D eigenvalue weighted by atomic mass is 32.2. The molecule has 6 heteroatoms. The minimum atomic E-state index is -3.38. The molecule has 66 valence electrons. The lowest BCUT2D eigenvalue weighted by atomic mass is 10.6. The third kappa shape index (κ3) is 3.94. The van der Waals surface area contributed by atoms with Crippen LogP contribution >= 0.6 is 0 Å². The van der Waals surface area contributed by atoms with Gasteiger partial charge in [0.25, 0.3) is 0 Å². The zero-order valence-electron chi connectivity index (χ0n) is 6.71. The van der Waals surface area contributed by atoms with E-state index in [0.717, 1.165) is 0 Å². The third-order valence-corrected chi connectivity index (χ3v) is 2.62. The summed E-state index contributed by atoms with van der Waals surface area (Å²) in [6.45, 7) is 4.26. The van der Waals surface area contributed by atoms with Crippen LogP contribution in [0.1, 0.15) is 20.8 Å². The van der Waals surface area contributed by atoms with Crippen molar-refractivity contribution in [3.05, 3.63) is 0 Å². The predicted octanol–water partition coefficient (Wildman–Crippen LogP) is -0.635. The Morgan fingerprint density at radius 1 is 1.36 bits per heavy atom. The van der Waals surface area contributed by atoms with Crippen molar-refractivity contribution in [3.63, 3.8) is 0 Å². The largest absolute Gasteiger partial charge is 0.278 e. The molecule has 0 bridgehead atoms. The molecule has 0 saturated heterocycles. The van der Waals surface area contributed by atoms with Crippen LogP contribution in [-0.2, 0) is 14.8 Å². The van der Waals surface area contributed by atoms with Crippen LogP contribution in [0.3, 0.4) is 0 Å². The van der Waals surface area contributed by atoms with Gasteiger partial charge in [0.05, 0.1) is 5.25 Å². The number of hydrogen-bond donors (Lipinski definition) is 2. The second kappa shape index (κ2) is 3.68. The van der Waals surface area contributed by atoms with E-state index < -0.39 is 21.2 Å².